The molecule has 2 rings (SSSR count). The maximum absolute atomic E-state index is 12.0. The van der Waals surface area contributed by atoms with E-state index in [-0.39, 0.29) is 41.2 Å². The SMILES string of the molecule is CC(C)(C)OC(=O)N1CCN(c2ccc(C(=O)O)cc2)CC1.[NaH]. The molecule has 1 aliphatic heterocycles. The molecular weight excluding hydrogens is 307 g/mol. The van der Waals surface area contributed by atoms with Crippen LogP contribution >= 0.6 is 0 Å². The molecule has 0 radical (unpaired) electrons. The Balaban J connectivity index is 0.00000264. The van der Waals surface area contributed by atoms with E-state index in [9.17, 15) is 9.59 Å². The van der Waals surface area contributed by atoms with Gasteiger partial charge in [-0.2, -0.15) is 0 Å². The van der Waals surface area contributed by atoms with Gasteiger partial charge >= 0.3 is 41.6 Å². The normalized spacial score (nSPS) is 14.9. The predicted molar refractivity (Wildman–Crippen MR) is 90.6 cm³/mol. The van der Waals surface area contributed by atoms with Crippen LogP contribution in [0.3, 0.4) is 0 Å². The summed E-state index contributed by atoms with van der Waals surface area (Å²) in [7, 11) is 0. The molecule has 0 aromatic heterocycles. The Labute approximate surface area is 158 Å². The first-order valence-corrected chi connectivity index (χ1v) is 7.32. The van der Waals surface area contributed by atoms with Gasteiger partial charge in [0.25, 0.3) is 0 Å². The van der Waals surface area contributed by atoms with E-state index in [4.69, 9.17) is 9.84 Å². The van der Waals surface area contributed by atoms with E-state index >= 15 is 0 Å². The molecule has 0 atom stereocenters. The van der Waals surface area contributed by atoms with Gasteiger partial charge in [0.2, 0.25) is 0 Å². The van der Waals surface area contributed by atoms with E-state index in [0.29, 0.717) is 26.2 Å². The van der Waals surface area contributed by atoms with Gasteiger partial charge in [0.15, 0.2) is 0 Å². The summed E-state index contributed by atoms with van der Waals surface area (Å²) in [6, 6.07) is 6.79. The molecule has 6 nitrogen and oxygen atoms in total. The van der Waals surface area contributed by atoms with Gasteiger partial charge in [-0.05, 0) is 45.0 Å². The van der Waals surface area contributed by atoms with E-state index < -0.39 is 11.6 Å². The first-order chi connectivity index (χ1) is 10.3. The van der Waals surface area contributed by atoms with Crippen molar-refractivity contribution in [2.75, 3.05) is 31.1 Å². The number of benzene rings is 1. The minimum absolute atomic E-state index is 0. The summed E-state index contributed by atoms with van der Waals surface area (Å²) in [5, 5.41) is 8.90. The average Bonchev–Trinajstić information content (AvgIpc) is 2.46. The molecule has 0 aliphatic carbocycles. The second-order valence-corrected chi connectivity index (χ2v) is 6.31. The van der Waals surface area contributed by atoms with Crippen molar-refractivity contribution < 1.29 is 19.4 Å². The van der Waals surface area contributed by atoms with Gasteiger partial charge in [-0.3, -0.25) is 0 Å². The fourth-order valence-corrected chi connectivity index (χ4v) is 2.29. The number of carboxylic acid groups (broad SMARTS) is 1. The summed E-state index contributed by atoms with van der Waals surface area (Å²) in [4.78, 5) is 26.7. The topological polar surface area (TPSA) is 70.1 Å². The summed E-state index contributed by atoms with van der Waals surface area (Å²) in [6.45, 7) is 8.14. The molecule has 122 valence electrons. The third-order valence-electron chi connectivity index (χ3n) is 3.41. The molecule has 1 aromatic carbocycles. The maximum atomic E-state index is 12.0. The third kappa shape index (κ3) is 5.71. The van der Waals surface area contributed by atoms with Crippen molar-refractivity contribution in [3.8, 4) is 0 Å². The fourth-order valence-electron chi connectivity index (χ4n) is 2.29. The first-order valence-electron chi connectivity index (χ1n) is 7.32. The zero-order chi connectivity index (χ0) is 16.3. The van der Waals surface area contributed by atoms with Crippen LogP contribution in [-0.2, 0) is 4.74 Å². The van der Waals surface area contributed by atoms with Crippen molar-refractivity contribution in [3.63, 3.8) is 0 Å². The number of hydrogen-bond acceptors (Lipinski definition) is 4. The van der Waals surface area contributed by atoms with Crippen molar-refractivity contribution in [2.45, 2.75) is 26.4 Å². The third-order valence-corrected chi connectivity index (χ3v) is 3.41. The van der Waals surface area contributed by atoms with Crippen LogP contribution in [0.2, 0.25) is 0 Å². The van der Waals surface area contributed by atoms with Crippen molar-refractivity contribution in [2.24, 2.45) is 0 Å². The summed E-state index contributed by atoms with van der Waals surface area (Å²) in [5.41, 5.74) is 0.755. The summed E-state index contributed by atoms with van der Waals surface area (Å²) in [6.07, 6.45) is -0.284. The predicted octanol–water partition coefficient (Wildman–Crippen LogP) is 1.79. The van der Waals surface area contributed by atoms with Gasteiger partial charge in [0.1, 0.15) is 5.60 Å². The molecule has 1 aromatic rings. The van der Waals surface area contributed by atoms with Crippen molar-refractivity contribution in [1.82, 2.24) is 4.90 Å². The molecule has 0 saturated carbocycles. The average molecular weight is 330 g/mol. The molecule has 1 fully saturated rings. The van der Waals surface area contributed by atoms with E-state index in [1.165, 1.54) is 0 Å². The van der Waals surface area contributed by atoms with Gasteiger partial charge in [0, 0.05) is 31.9 Å². The Hall–Kier alpha value is -1.24. The molecule has 1 heterocycles. The van der Waals surface area contributed by atoms with Crippen LogP contribution in [0.15, 0.2) is 24.3 Å². The van der Waals surface area contributed by atoms with E-state index in [1.807, 2.05) is 20.8 Å². The summed E-state index contributed by atoms with van der Waals surface area (Å²) in [5.74, 6) is -0.929. The molecule has 23 heavy (non-hydrogen) atoms. The van der Waals surface area contributed by atoms with Crippen LogP contribution in [0, 0.1) is 0 Å². The molecule has 1 N–H and O–H groups in total. The molecule has 0 unspecified atom stereocenters. The molecule has 1 aliphatic rings. The van der Waals surface area contributed by atoms with Crippen LogP contribution in [-0.4, -0.2) is 83.4 Å². The summed E-state index contributed by atoms with van der Waals surface area (Å²) >= 11 is 0. The fraction of sp³-hybridized carbons (Fsp3) is 0.500. The second kappa shape index (κ2) is 8.04. The van der Waals surface area contributed by atoms with Crippen molar-refractivity contribution in [1.29, 1.82) is 0 Å². The van der Waals surface area contributed by atoms with E-state index in [0.717, 1.165) is 5.69 Å². The second-order valence-electron chi connectivity index (χ2n) is 6.31. The van der Waals surface area contributed by atoms with Gasteiger partial charge in [-0.15, -0.1) is 0 Å². The molecular formula is C16H23N2NaO4. The Bertz CT molecular complexity index is 546. The number of piperazine rings is 1. The summed E-state index contributed by atoms with van der Waals surface area (Å²) < 4.78 is 5.36. The van der Waals surface area contributed by atoms with Crippen LogP contribution in [0.1, 0.15) is 31.1 Å². The number of amides is 1. The monoisotopic (exact) mass is 330 g/mol. The van der Waals surface area contributed by atoms with Crippen LogP contribution in [0.5, 0.6) is 0 Å². The molecule has 1 saturated heterocycles. The number of hydrogen-bond donors (Lipinski definition) is 1. The molecule has 0 bridgehead atoms. The quantitative estimate of drug-likeness (QED) is 0.837. The van der Waals surface area contributed by atoms with Crippen LogP contribution in [0.4, 0.5) is 10.5 Å². The number of aromatic carboxylic acids is 1. The van der Waals surface area contributed by atoms with Crippen molar-refractivity contribution >= 4 is 47.3 Å². The van der Waals surface area contributed by atoms with Crippen molar-refractivity contribution in [3.05, 3.63) is 29.8 Å². The first kappa shape index (κ1) is 19.8. The Morgan fingerprint density at radius 1 is 1.04 bits per heavy atom. The number of carbonyl (C=O) groups excluding carboxylic acids is 1. The Kier molecular flexibility index (Phi) is 6.92. The molecule has 1 amide bonds. The number of carbonyl (C=O) groups is 2. The number of anilines is 1. The van der Waals surface area contributed by atoms with E-state index in [2.05, 4.69) is 4.90 Å². The van der Waals surface area contributed by atoms with Gasteiger partial charge in [-0.1, -0.05) is 0 Å². The molecule has 0 spiro atoms. The van der Waals surface area contributed by atoms with Gasteiger partial charge in [-0.25, -0.2) is 9.59 Å². The molecule has 7 heteroatoms. The van der Waals surface area contributed by atoms with Crippen LogP contribution in [0.25, 0.3) is 0 Å². The number of nitrogens with zero attached hydrogens (tertiary/aromatic N) is 2. The Morgan fingerprint density at radius 2 is 1.57 bits per heavy atom. The van der Waals surface area contributed by atoms with Crippen LogP contribution < -0.4 is 4.90 Å². The van der Waals surface area contributed by atoms with E-state index in [1.54, 1.807) is 29.2 Å². The zero-order valence-electron chi connectivity index (χ0n) is 13.2. The number of carboxylic acids is 1. The minimum atomic E-state index is -0.929. The standard InChI is InChI=1S/C16H22N2O4.Na.H/c1-16(2,3)22-15(21)18-10-8-17(9-11-18)13-6-4-12(5-7-13)14(19)20;;/h4-7H,8-11H2,1-3H3,(H,19,20);;. The zero-order valence-corrected chi connectivity index (χ0v) is 13.2. The van der Waals surface area contributed by atoms with Gasteiger partial charge in [0.05, 0.1) is 5.56 Å². The Morgan fingerprint density at radius 3 is 2.00 bits per heavy atom. The van der Waals surface area contributed by atoms with Gasteiger partial charge < -0.3 is 19.6 Å². The number of rotatable bonds is 2. The number of ether oxygens (including phenoxy) is 1.